The highest BCUT2D eigenvalue weighted by Gasteiger charge is 2.34. The van der Waals surface area contributed by atoms with Crippen molar-refractivity contribution < 1.29 is 19.1 Å². The standard InChI is InChI=1S/C15H18ClN3O5/c1-3-24-15(23)10-7-17-12-9(13(21)18-11(20)6-16)5-4-8(2)19(12)14(10)22/h7-9H,3-6H2,1-2H3,(H,18,20,21). The number of alkyl halides is 1. The molecule has 0 bridgehead atoms. The lowest BCUT2D eigenvalue weighted by Crippen LogP contribution is -2.42. The van der Waals surface area contributed by atoms with E-state index in [9.17, 15) is 19.2 Å². The summed E-state index contributed by atoms with van der Waals surface area (Å²) < 4.78 is 6.17. The van der Waals surface area contributed by atoms with E-state index in [4.69, 9.17) is 16.3 Å². The highest BCUT2D eigenvalue weighted by Crippen LogP contribution is 2.30. The van der Waals surface area contributed by atoms with E-state index < -0.39 is 29.3 Å². The summed E-state index contributed by atoms with van der Waals surface area (Å²) in [4.78, 5) is 52.1. The zero-order chi connectivity index (χ0) is 17.9. The molecule has 8 nitrogen and oxygen atoms in total. The third-order valence-corrected chi connectivity index (χ3v) is 4.09. The average molecular weight is 356 g/mol. The maximum atomic E-state index is 12.6. The maximum Gasteiger partial charge on any atom is 0.345 e. The Balaban J connectivity index is 2.43. The topological polar surface area (TPSA) is 107 Å². The van der Waals surface area contributed by atoms with Crippen LogP contribution in [0, 0.1) is 0 Å². The van der Waals surface area contributed by atoms with Crippen molar-refractivity contribution in [1.29, 1.82) is 0 Å². The first-order valence-electron chi connectivity index (χ1n) is 7.58. The Morgan fingerprint density at radius 3 is 2.75 bits per heavy atom. The number of esters is 1. The fraction of sp³-hybridized carbons (Fsp3) is 0.533. The molecule has 1 aromatic heterocycles. The van der Waals surface area contributed by atoms with Crippen molar-refractivity contribution in [2.24, 2.45) is 0 Å². The van der Waals surface area contributed by atoms with Crippen LogP contribution in [-0.4, -0.2) is 39.8 Å². The summed E-state index contributed by atoms with van der Waals surface area (Å²) in [6.45, 7) is 3.58. The SMILES string of the molecule is CCOC(=O)c1cnc2n(c1=O)C(C)CCC2C(=O)NC(=O)CCl. The summed E-state index contributed by atoms with van der Waals surface area (Å²) in [5.41, 5.74) is -0.725. The average Bonchev–Trinajstić information content (AvgIpc) is 2.55. The molecule has 1 aromatic rings. The van der Waals surface area contributed by atoms with Gasteiger partial charge in [-0.05, 0) is 26.7 Å². The second kappa shape index (κ2) is 7.57. The molecule has 0 radical (unpaired) electrons. The Morgan fingerprint density at radius 1 is 1.42 bits per heavy atom. The summed E-state index contributed by atoms with van der Waals surface area (Å²) in [5.74, 6) is -2.78. The molecular weight excluding hydrogens is 338 g/mol. The van der Waals surface area contributed by atoms with Gasteiger partial charge >= 0.3 is 5.97 Å². The monoisotopic (exact) mass is 355 g/mol. The van der Waals surface area contributed by atoms with Crippen LogP contribution in [0.4, 0.5) is 0 Å². The molecular formula is C15H18ClN3O5. The number of carbonyl (C=O) groups is 3. The van der Waals surface area contributed by atoms with Crippen LogP contribution < -0.4 is 10.9 Å². The van der Waals surface area contributed by atoms with Gasteiger partial charge in [-0.25, -0.2) is 9.78 Å². The molecule has 130 valence electrons. The number of nitrogens with zero attached hydrogens (tertiary/aromatic N) is 2. The van der Waals surface area contributed by atoms with Crippen molar-refractivity contribution in [2.45, 2.75) is 38.6 Å². The Labute approximate surface area is 143 Å². The Morgan fingerprint density at radius 2 is 2.12 bits per heavy atom. The number of aromatic nitrogens is 2. The lowest BCUT2D eigenvalue weighted by molar-refractivity contribution is -0.130. The number of hydrogen-bond acceptors (Lipinski definition) is 6. The lowest BCUT2D eigenvalue weighted by atomic mass is 9.93. The predicted octanol–water partition coefficient (Wildman–Crippen LogP) is 0.740. The van der Waals surface area contributed by atoms with E-state index in [0.717, 1.165) is 6.20 Å². The molecule has 24 heavy (non-hydrogen) atoms. The largest absolute Gasteiger partial charge is 0.462 e. The quantitative estimate of drug-likeness (QED) is 0.630. The predicted molar refractivity (Wildman–Crippen MR) is 85.0 cm³/mol. The first-order valence-corrected chi connectivity index (χ1v) is 8.12. The summed E-state index contributed by atoms with van der Waals surface area (Å²) in [5, 5.41) is 2.18. The molecule has 2 atom stereocenters. The van der Waals surface area contributed by atoms with Gasteiger partial charge in [0.15, 0.2) is 0 Å². The van der Waals surface area contributed by atoms with Gasteiger partial charge in [0.25, 0.3) is 5.56 Å². The minimum atomic E-state index is -0.752. The van der Waals surface area contributed by atoms with Gasteiger partial charge in [-0.3, -0.25) is 24.3 Å². The number of imide groups is 1. The first-order chi connectivity index (χ1) is 11.4. The van der Waals surface area contributed by atoms with Gasteiger partial charge in [-0.15, -0.1) is 11.6 Å². The number of rotatable bonds is 4. The Kier molecular flexibility index (Phi) is 5.71. The summed E-state index contributed by atoms with van der Waals surface area (Å²) >= 11 is 5.38. The van der Waals surface area contributed by atoms with Crippen molar-refractivity contribution in [3.8, 4) is 0 Å². The van der Waals surface area contributed by atoms with E-state index >= 15 is 0 Å². The van der Waals surface area contributed by atoms with Crippen molar-refractivity contribution >= 4 is 29.4 Å². The molecule has 9 heteroatoms. The zero-order valence-corrected chi connectivity index (χ0v) is 14.1. The minimum Gasteiger partial charge on any atom is -0.462 e. The number of nitrogens with one attached hydrogen (secondary N) is 1. The fourth-order valence-electron chi connectivity index (χ4n) is 2.69. The molecule has 0 aliphatic carbocycles. The van der Waals surface area contributed by atoms with Gasteiger partial charge in [0.1, 0.15) is 17.3 Å². The van der Waals surface area contributed by atoms with Crippen LogP contribution in [0.15, 0.2) is 11.0 Å². The molecule has 1 N–H and O–H groups in total. The highest BCUT2D eigenvalue weighted by atomic mass is 35.5. The van der Waals surface area contributed by atoms with E-state index in [-0.39, 0.29) is 29.9 Å². The smallest absolute Gasteiger partial charge is 0.345 e. The number of hydrogen-bond donors (Lipinski definition) is 1. The lowest BCUT2D eigenvalue weighted by Gasteiger charge is -2.29. The van der Waals surface area contributed by atoms with Crippen LogP contribution in [-0.2, 0) is 14.3 Å². The number of amides is 2. The number of carbonyl (C=O) groups excluding carboxylic acids is 3. The number of fused-ring (bicyclic) bond motifs is 1. The van der Waals surface area contributed by atoms with Gasteiger partial charge in [-0.1, -0.05) is 0 Å². The molecule has 0 saturated carbocycles. The summed E-state index contributed by atoms with van der Waals surface area (Å²) in [6, 6.07) is -0.220. The van der Waals surface area contributed by atoms with E-state index in [1.54, 1.807) is 13.8 Å². The van der Waals surface area contributed by atoms with Crippen LogP contribution in [0.5, 0.6) is 0 Å². The summed E-state index contributed by atoms with van der Waals surface area (Å²) in [7, 11) is 0. The van der Waals surface area contributed by atoms with Crippen LogP contribution >= 0.6 is 11.6 Å². The van der Waals surface area contributed by atoms with Gasteiger partial charge in [0, 0.05) is 12.2 Å². The third-order valence-electron chi connectivity index (χ3n) is 3.84. The van der Waals surface area contributed by atoms with Crippen molar-refractivity contribution in [3.63, 3.8) is 0 Å². The molecule has 2 amide bonds. The van der Waals surface area contributed by atoms with Crippen LogP contribution in [0.3, 0.4) is 0 Å². The van der Waals surface area contributed by atoms with Crippen molar-refractivity contribution in [2.75, 3.05) is 12.5 Å². The Hall–Kier alpha value is -2.22. The van der Waals surface area contributed by atoms with Crippen molar-refractivity contribution in [1.82, 2.24) is 14.9 Å². The molecule has 0 aromatic carbocycles. The minimum absolute atomic E-state index is 0.140. The van der Waals surface area contributed by atoms with Gasteiger partial charge < -0.3 is 4.74 Å². The molecule has 2 heterocycles. The molecule has 1 aliphatic rings. The zero-order valence-electron chi connectivity index (χ0n) is 13.4. The molecule has 0 saturated heterocycles. The van der Waals surface area contributed by atoms with E-state index in [0.29, 0.717) is 12.8 Å². The molecule has 2 unspecified atom stereocenters. The van der Waals surface area contributed by atoms with E-state index in [1.807, 2.05) is 0 Å². The van der Waals surface area contributed by atoms with Gasteiger partial charge in [0.2, 0.25) is 11.8 Å². The number of halogens is 1. The van der Waals surface area contributed by atoms with Crippen LogP contribution in [0.25, 0.3) is 0 Å². The van der Waals surface area contributed by atoms with Gasteiger partial charge in [-0.2, -0.15) is 0 Å². The van der Waals surface area contributed by atoms with Gasteiger partial charge in [0.05, 0.1) is 12.5 Å². The highest BCUT2D eigenvalue weighted by molar-refractivity contribution is 6.28. The normalized spacial score (nSPS) is 19.3. The third kappa shape index (κ3) is 3.48. The molecule has 0 spiro atoms. The maximum absolute atomic E-state index is 12.6. The second-order valence-corrected chi connectivity index (χ2v) is 5.72. The molecule has 0 fully saturated rings. The van der Waals surface area contributed by atoms with E-state index in [2.05, 4.69) is 10.3 Å². The second-order valence-electron chi connectivity index (χ2n) is 5.45. The van der Waals surface area contributed by atoms with E-state index in [1.165, 1.54) is 4.57 Å². The summed E-state index contributed by atoms with van der Waals surface area (Å²) in [6.07, 6.45) is 2.09. The Bertz CT molecular complexity index is 730. The van der Waals surface area contributed by atoms with Crippen LogP contribution in [0.2, 0.25) is 0 Å². The first kappa shape index (κ1) is 18.1. The fourth-order valence-corrected chi connectivity index (χ4v) is 2.75. The molecule has 2 rings (SSSR count). The molecule has 1 aliphatic heterocycles. The number of ether oxygens (including phenoxy) is 1. The van der Waals surface area contributed by atoms with Crippen LogP contribution in [0.1, 0.15) is 54.8 Å². The van der Waals surface area contributed by atoms with Crippen molar-refractivity contribution in [3.05, 3.63) is 27.9 Å².